The zero-order valence-electron chi connectivity index (χ0n) is 6.78. The number of allylic oxidation sites excluding steroid dienone is 1. The van der Waals surface area contributed by atoms with Gasteiger partial charge in [0, 0.05) is 17.7 Å². The van der Waals surface area contributed by atoms with Gasteiger partial charge in [0.2, 0.25) is 5.91 Å². The van der Waals surface area contributed by atoms with E-state index < -0.39 is 0 Å². The van der Waals surface area contributed by atoms with E-state index in [1.54, 1.807) is 6.20 Å². The van der Waals surface area contributed by atoms with Gasteiger partial charge in [0.15, 0.2) is 0 Å². The summed E-state index contributed by atoms with van der Waals surface area (Å²) in [5.41, 5.74) is -0.00579. The lowest BCUT2D eigenvalue weighted by Gasteiger charge is -2.20. The van der Waals surface area contributed by atoms with Crippen molar-refractivity contribution in [2.75, 3.05) is 0 Å². The molecular weight excluding hydrogens is 162 g/mol. The van der Waals surface area contributed by atoms with Crippen LogP contribution in [0.25, 0.3) is 0 Å². The quantitative estimate of drug-likeness (QED) is 0.597. The lowest BCUT2D eigenvalue weighted by Crippen LogP contribution is -2.21. The number of carbonyl (C=O) groups is 1. The fraction of sp³-hybridized carbons (Fsp3) is 0.625. The third-order valence-corrected chi connectivity index (χ3v) is 1.92. The number of amides is 1. The molecule has 3 heteroatoms. The van der Waals surface area contributed by atoms with Crippen molar-refractivity contribution >= 4 is 17.5 Å². The molecular formula is C8H12ClNO. The molecule has 1 heterocycles. The van der Waals surface area contributed by atoms with Crippen LogP contribution in [0.1, 0.15) is 26.7 Å². The minimum atomic E-state index is -0.00579. The third-order valence-electron chi connectivity index (χ3n) is 1.68. The summed E-state index contributed by atoms with van der Waals surface area (Å²) in [7, 11) is 0. The van der Waals surface area contributed by atoms with Crippen LogP contribution < -0.4 is 5.32 Å². The van der Waals surface area contributed by atoms with Crippen LogP contribution in [0, 0.1) is 5.41 Å². The van der Waals surface area contributed by atoms with Crippen LogP contribution in [-0.2, 0) is 4.79 Å². The summed E-state index contributed by atoms with van der Waals surface area (Å²) >= 11 is 5.82. The molecule has 2 nitrogen and oxygen atoms in total. The second kappa shape index (κ2) is 2.86. The zero-order valence-corrected chi connectivity index (χ0v) is 7.53. The lowest BCUT2D eigenvalue weighted by atomic mass is 9.86. The third kappa shape index (κ3) is 2.54. The van der Waals surface area contributed by atoms with Crippen LogP contribution in [0.15, 0.2) is 11.2 Å². The van der Waals surface area contributed by atoms with Gasteiger partial charge in [0.1, 0.15) is 0 Å². The normalized spacial score (nSPS) is 23.5. The standard InChI is InChI=1S/C8H12ClNO/c1-8(2)3-6(9)5-10-7(11)4-8/h5H,3-4H2,1-2H3,(H,10,11). The van der Waals surface area contributed by atoms with Gasteiger partial charge in [-0.05, 0) is 11.8 Å². The summed E-state index contributed by atoms with van der Waals surface area (Å²) in [6.45, 7) is 4.07. The molecule has 0 aromatic carbocycles. The Hall–Kier alpha value is -0.500. The molecule has 0 aromatic heterocycles. The predicted molar refractivity (Wildman–Crippen MR) is 45.1 cm³/mol. The maximum atomic E-state index is 11.0. The van der Waals surface area contributed by atoms with Crippen molar-refractivity contribution in [2.45, 2.75) is 26.7 Å². The first kappa shape index (κ1) is 8.60. The fourth-order valence-corrected chi connectivity index (χ4v) is 1.63. The summed E-state index contributed by atoms with van der Waals surface area (Å²) in [6, 6.07) is 0. The van der Waals surface area contributed by atoms with Gasteiger partial charge in [0.05, 0.1) is 0 Å². The van der Waals surface area contributed by atoms with Gasteiger partial charge in [-0.1, -0.05) is 25.4 Å². The molecule has 1 rings (SSSR count). The van der Waals surface area contributed by atoms with E-state index in [-0.39, 0.29) is 11.3 Å². The summed E-state index contributed by atoms with van der Waals surface area (Å²) in [6.07, 6.45) is 2.89. The summed E-state index contributed by atoms with van der Waals surface area (Å²) < 4.78 is 0. The van der Waals surface area contributed by atoms with Crippen molar-refractivity contribution in [1.82, 2.24) is 5.32 Å². The average molecular weight is 174 g/mol. The smallest absolute Gasteiger partial charge is 0.224 e. The highest BCUT2D eigenvalue weighted by molar-refractivity contribution is 6.29. The van der Waals surface area contributed by atoms with Crippen LogP contribution in [0.4, 0.5) is 0 Å². The van der Waals surface area contributed by atoms with Crippen molar-refractivity contribution < 1.29 is 4.79 Å². The molecule has 1 aliphatic heterocycles. The van der Waals surface area contributed by atoms with Gasteiger partial charge in [-0.2, -0.15) is 0 Å². The SMILES string of the molecule is CC1(C)CC(=O)NC=C(Cl)C1. The topological polar surface area (TPSA) is 29.1 Å². The number of nitrogens with one attached hydrogen (secondary N) is 1. The first-order chi connectivity index (χ1) is 4.99. The molecule has 0 saturated carbocycles. The number of halogens is 1. The molecule has 0 saturated heterocycles. The number of hydrogen-bond donors (Lipinski definition) is 1. The Labute approximate surface area is 71.6 Å². The molecule has 11 heavy (non-hydrogen) atoms. The van der Waals surface area contributed by atoms with Crippen molar-refractivity contribution in [2.24, 2.45) is 5.41 Å². The van der Waals surface area contributed by atoms with E-state index in [0.717, 1.165) is 11.5 Å². The van der Waals surface area contributed by atoms with Crippen molar-refractivity contribution in [3.8, 4) is 0 Å². The highest BCUT2D eigenvalue weighted by Crippen LogP contribution is 2.31. The van der Waals surface area contributed by atoms with E-state index in [2.05, 4.69) is 5.32 Å². The second-order valence-electron chi connectivity index (χ2n) is 3.68. The van der Waals surface area contributed by atoms with Crippen molar-refractivity contribution in [3.63, 3.8) is 0 Å². The molecule has 0 unspecified atom stereocenters. The van der Waals surface area contributed by atoms with Crippen LogP contribution in [-0.4, -0.2) is 5.91 Å². The molecule has 1 aliphatic rings. The lowest BCUT2D eigenvalue weighted by molar-refractivity contribution is -0.121. The van der Waals surface area contributed by atoms with Gasteiger partial charge >= 0.3 is 0 Å². The molecule has 62 valence electrons. The Morgan fingerprint density at radius 3 is 2.82 bits per heavy atom. The molecule has 0 aliphatic carbocycles. The Bertz CT molecular complexity index is 208. The summed E-state index contributed by atoms with van der Waals surface area (Å²) in [4.78, 5) is 11.0. The molecule has 1 N–H and O–H groups in total. The highest BCUT2D eigenvalue weighted by Gasteiger charge is 2.25. The number of hydrogen-bond acceptors (Lipinski definition) is 1. The highest BCUT2D eigenvalue weighted by atomic mass is 35.5. The van der Waals surface area contributed by atoms with Gasteiger partial charge in [0.25, 0.3) is 0 Å². The summed E-state index contributed by atoms with van der Waals surface area (Å²) in [5.74, 6) is 0.0469. The Balaban J connectivity index is 2.76. The maximum Gasteiger partial charge on any atom is 0.224 e. The Morgan fingerprint density at radius 2 is 2.18 bits per heavy atom. The van der Waals surface area contributed by atoms with Crippen molar-refractivity contribution in [3.05, 3.63) is 11.2 Å². The molecule has 0 fully saturated rings. The Kier molecular flexibility index (Phi) is 2.23. The number of carbonyl (C=O) groups excluding carboxylic acids is 1. The Morgan fingerprint density at radius 1 is 1.55 bits per heavy atom. The van der Waals surface area contributed by atoms with Crippen molar-refractivity contribution in [1.29, 1.82) is 0 Å². The van der Waals surface area contributed by atoms with E-state index in [1.807, 2.05) is 13.8 Å². The summed E-state index contributed by atoms with van der Waals surface area (Å²) in [5, 5.41) is 3.34. The van der Waals surface area contributed by atoms with Crippen LogP contribution in [0.5, 0.6) is 0 Å². The number of rotatable bonds is 0. The van der Waals surface area contributed by atoms with Gasteiger partial charge in [-0.15, -0.1) is 0 Å². The van der Waals surface area contributed by atoms with E-state index in [0.29, 0.717) is 6.42 Å². The van der Waals surface area contributed by atoms with E-state index >= 15 is 0 Å². The van der Waals surface area contributed by atoms with E-state index in [4.69, 9.17) is 11.6 Å². The maximum absolute atomic E-state index is 11.0. The predicted octanol–water partition coefficient (Wildman–Crippen LogP) is 2.00. The van der Waals surface area contributed by atoms with E-state index in [1.165, 1.54) is 0 Å². The van der Waals surface area contributed by atoms with Crippen LogP contribution >= 0.6 is 11.6 Å². The average Bonchev–Trinajstić information content (AvgIpc) is 1.89. The molecule has 0 aromatic rings. The molecule has 0 radical (unpaired) electrons. The molecule has 0 bridgehead atoms. The monoisotopic (exact) mass is 173 g/mol. The molecule has 0 atom stereocenters. The van der Waals surface area contributed by atoms with Crippen LogP contribution in [0.3, 0.4) is 0 Å². The minimum absolute atomic E-state index is 0.00579. The van der Waals surface area contributed by atoms with E-state index in [9.17, 15) is 4.79 Å². The fourth-order valence-electron chi connectivity index (χ4n) is 1.22. The molecule has 0 spiro atoms. The zero-order chi connectivity index (χ0) is 8.48. The van der Waals surface area contributed by atoms with Crippen LogP contribution in [0.2, 0.25) is 0 Å². The first-order valence-corrected chi connectivity index (χ1v) is 4.01. The second-order valence-corrected chi connectivity index (χ2v) is 4.16. The van der Waals surface area contributed by atoms with Gasteiger partial charge in [-0.25, -0.2) is 0 Å². The largest absolute Gasteiger partial charge is 0.331 e. The first-order valence-electron chi connectivity index (χ1n) is 3.63. The molecule has 1 amide bonds. The van der Waals surface area contributed by atoms with Gasteiger partial charge in [-0.3, -0.25) is 4.79 Å². The van der Waals surface area contributed by atoms with Gasteiger partial charge < -0.3 is 5.32 Å². The minimum Gasteiger partial charge on any atom is -0.331 e.